The van der Waals surface area contributed by atoms with Crippen molar-refractivity contribution in [2.75, 3.05) is 13.7 Å². The third kappa shape index (κ3) is 5.92. The second-order valence-electron chi connectivity index (χ2n) is 8.94. The number of amides is 2. The molecule has 0 unspecified atom stereocenters. The summed E-state index contributed by atoms with van der Waals surface area (Å²) in [6, 6.07) is 24.9. The van der Waals surface area contributed by atoms with E-state index in [1.807, 2.05) is 77.9 Å². The van der Waals surface area contributed by atoms with Crippen molar-refractivity contribution in [3.63, 3.8) is 0 Å². The van der Waals surface area contributed by atoms with Gasteiger partial charge in [-0.3, -0.25) is 9.59 Å². The number of hydrogen-bond acceptors (Lipinski definition) is 4. The monoisotopic (exact) mass is 484 g/mol. The first-order chi connectivity index (χ1) is 17.5. The van der Waals surface area contributed by atoms with Gasteiger partial charge in [0.1, 0.15) is 18.1 Å². The number of hydrogen-bond donors (Lipinski definition) is 1. The number of fused-ring (bicyclic) bond motifs is 1. The quantitative estimate of drug-likeness (QED) is 0.361. The fraction of sp³-hybridized carbons (Fsp3) is 0.276. The Kier molecular flexibility index (Phi) is 8.00. The molecule has 0 saturated heterocycles. The van der Waals surface area contributed by atoms with Crippen LogP contribution in [0.5, 0.6) is 5.75 Å². The average Bonchev–Trinajstić information content (AvgIpc) is 3.24. The van der Waals surface area contributed by atoms with E-state index in [-0.39, 0.29) is 24.4 Å². The Morgan fingerprint density at radius 2 is 1.75 bits per heavy atom. The summed E-state index contributed by atoms with van der Waals surface area (Å²) in [6.45, 7) is 5.19. The first kappa shape index (κ1) is 25.0. The predicted octanol–water partition coefficient (Wildman–Crippen LogP) is 4.45. The average molecular weight is 485 g/mol. The maximum Gasteiger partial charge on any atom is 0.251 e. The Labute approximate surface area is 211 Å². The van der Waals surface area contributed by atoms with Crippen LogP contribution in [0.4, 0.5) is 0 Å². The van der Waals surface area contributed by atoms with Crippen LogP contribution in [-0.2, 0) is 24.3 Å². The lowest BCUT2D eigenvalue weighted by molar-refractivity contribution is -0.134. The minimum atomic E-state index is -0.179. The molecular formula is C29H32N4O3. The molecule has 0 bridgehead atoms. The molecule has 0 aliphatic heterocycles. The van der Waals surface area contributed by atoms with Crippen LogP contribution < -0.4 is 10.1 Å². The Morgan fingerprint density at radius 3 is 2.50 bits per heavy atom. The van der Waals surface area contributed by atoms with E-state index in [4.69, 9.17) is 9.72 Å². The number of para-hydroxylation sites is 2. The molecule has 0 aliphatic carbocycles. The third-order valence-corrected chi connectivity index (χ3v) is 6.13. The van der Waals surface area contributed by atoms with Crippen molar-refractivity contribution in [3.8, 4) is 5.75 Å². The molecule has 0 radical (unpaired) electrons. The molecule has 0 saturated carbocycles. The van der Waals surface area contributed by atoms with Gasteiger partial charge in [-0.25, -0.2) is 4.98 Å². The lowest BCUT2D eigenvalue weighted by Crippen LogP contribution is -2.39. The summed E-state index contributed by atoms with van der Waals surface area (Å²) in [4.78, 5) is 32.8. The summed E-state index contributed by atoms with van der Waals surface area (Å²) >= 11 is 0. The minimum absolute atomic E-state index is 0.0265. The van der Waals surface area contributed by atoms with Gasteiger partial charge in [0.2, 0.25) is 5.91 Å². The lowest BCUT2D eigenvalue weighted by Gasteiger charge is -2.27. The maximum atomic E-state index is 13.5. The fourth-order valence-corrected chi connectivity index (χ4v) is 4.21. The van der Waals surface area contributed by atoms with Crippen molar-refractivity contribution < 1.29 is 14.3 Å². The Balaban J connectivity index is 1.50. The first-order valence-electron chi connectivity index (χ1n) is 12.2. The lowest BCUT2D eigenvalue weighted by atomic mass is 10.2. The summed E-state index contributed by atoms with van der Waals surface area (Å²) in [5, 5.41) is 2.95. The van der Waals surface area contributed by atoms with Crippen LogP contribution in [0.25, 0.3) is 11.0 Å². The van der Waals surface area contributed by atoms with Gasteiger partial charge in [0.05, 0.1) is 18.1 Å². The summed E-state index contributed by atoms with van der Waals surface area (Å²) in [5.41, 5.74) is 3.36. The van der Waals surface area contributed by atoms with Gasteiger partial charge in [0.15, 0.2) is 0 Å². The molecule has 0 aliphatic rings. The number of methoxy groups -OCH3 is 1. The summed E-state index contributed by atoms with van der Waals surface area (Å²) in [6.07, 6.45) is 0.498. The highest BCUT2D eigenvalue weighted by Gasteiger charge is 2.21. The SMILES string of the molecule is COc1cccc(C(=O)NCCc2nc3ccccc3n2CC(=O)N(Cc2ccccc2)C(C)C)c1. The molecule has 186 valence electrons. The number of carbonyl (C=O) groups excluding carboxylic acids is 2. The zero-order chi connectivity index (χ0) is 25.5. The van der Waals surface area contributed by atoms with Gasteiger partial charge in [0, 0.05) is 31.1 Å². The van der Waals surface area contributed by atoms with Crippen molar-refractivity contribution in [2.45, 2.75) is 39.4 Å². The zero-order valence-corrected chi connectivity index (χ0v) is 21.0. The highest BCUT2D eigenvalue weighted by molar-refractivity contribution is 5.94. The molecule has 36 heavy (non-hydrogen) atoms. The van der Waals surface area contributed by atoms with Crippen LogP contribution in [0.1, 0.15) is 35.6 Å². The van der Waals surface area contributed by atoms with Gasteiger partial charge in [-0.2, -0.15) is 0 Å². The van der Waals surface area contributed by atoms with Crippen molar-refractivity contribution in [3.05, 3.63) is 95.8 Å². The second kappa shape index (κ2) is 11.5. The van der Waals surface area contributed by atoms with Gasteiger partial charge in [0.25, 0.3) is 5.91 Å². The smallest absolute Gasteiger partial charge is 0.251 e. The number of aromatic nitrogens is 2. The van der Waals surface area contributed by atoms with E-state index in [0.29, 0.717) is 30.8 Å². The number of benzene rings is 3. The van der Waals surface area contributed by atoms with Crippen LogP contribution in [0.15, 0.2) is 78.9 Å². The van der Waals surface area contributed by atoms with E-state index in [1.54, 1.807) is 31.4 Å². The zero-order valence-electron chi connectivity index (χ0n) is 21.0. The molecule has 0 atom stereocenters. The molecule has 0 spiro atoms. The highest BCUT2D eigenvalue weighted by atomic mass is 16.5. The minimum Gasteiger partial charge on any atom is -0.497 e. The van der Waals surface area contributed by atoms with Crippen molar-refractivity contribution in [1.29, 1.82) is 0 Å². The summed E-state index contributed by atoms with van der Waals surface area (Å²) in [5.74, 6) is 1.24. The van der Waals surface area contributed by atoms with Gasteiger partial charge in [-0.1, -0.05) is 48.5 Å². The van der Waals surface area contributed by atoms with Crippen molar-refractivity contribution in [2.24, 2.45) is 0 Å². The Bertz CT molecular complexity index is 1330. The van der Waals surface area contributed by atoms with Gasteiger partial charge in [-0.15, -0.1) is 0 Å². The molecule has 7 nitrogen and oxygen atoms in total. The number of rotatable bonds is 10. The standard InChI is InChI=1S/C29H32N4O3/c1-21(2)32(19-22-10-5-4-6-11-22)28(34)20-33-26-15-8-7-14-25(26)31-27(33)16-17-30-29(35)23-12-9-13-24(18-23)36-3/h4-15,18,21H,16-17,19-20H2,1-3H3,(H,30,35). The molecule has 7 heteroatoms. The molecule has 2 amide bonds. The van der Waals surface area contributed by atoms with E-state index >= 15 is 0 Å². The molecule has 4 rings (SSSR count). The summed E-state index contributed by atoms with van der Waals surface area (Å²) < 4.78 is 7.18. The first-order valence-corrected chi connectivity index (χ1v) is 12.2. The predicted molar refractivity (Wildman–Crippen MR) is 141 cm³/mol. The largest absolute Gasteiger partial charge is 0.497 e. The van der Waals surface area contributed by atoms with Crippen LogP contribution in [-0.4, -0.2) is 46.0 Å². The maximum absolute atomic E-state index is 13.5. The highest BCUT2D eigenvalue weighted by Crippen LogP contribution is 2.18. The number of nitrogens with one attached hydrogen (secondary N) is 1. The second-order valence-corrected chi connectivity index (χ2v) is 8.94. The molecule has 1 heterocycles. The van der Waals surface area contributed by atoms with Crippen molar-refractivity contribution in [1.82, 2.24) is 19.8 Å². The van der Waals surface area contributed by atoms with Crippen LogP contribution in [0, 0.1) is 0 Å². The molecule has 0 fully saturated rings. The molecule has 1 aromatic heterocycles. The molecular weight excluding hydrogens is 452 g/mol. The normalized spacial score (nSPS) is 11.0. The number of nitrogens with zero attached hydrogens (tertiary/aromatic N) is 3. The van der Waals surface area contributed by atoms with Gasteiger partial charge in [-0.05, 0) is 49.7 Å². The van der Waals surface area contributed by atoms with E-state index in [9.17, 15) is 9.59 Å². The molecule has 1 N–H and O–H groups in total. The van der Waals surface area contributed by atoms with E-state index in [0.717, 1.165) is 22.4 Å². The number of ether oxygens (including phenoxy) is 1. The summed E-state index contributed by atoms with van der Waals surface area (Å²) in [7, 11) is 1.57. The van der Waals surface area contributed by atoms with Crippen LogP contribution in [0.2, 0.25) is 0 Å². The number of carbonyl (C=O) groups is 2. The number of imidazole rings is 1. The third-order valence-electron chi connectivity index (χ3n) is 6.13. The molecule has 3 aromatic carbocycles. The Hall–Kier alpha value is -4.13. The fourth-order valence-electron chi connectivity index (χ4n) is 4.21. The van der Waals surface area contributed by atoms with E-state index in [1.165, 1.54) is 0 Å². The Morgan fingerprint density at radius 1 is 1.00 bits per heavy atom. The van der Waals surface area contributed by atoms with Crippen molar-refractivity contribution >= 4 is 22.8 Å². The van der Waals surface area contributed by atoms with E-state index in [2.05, 4.69) is 5.32 Å². The molecule has 4 aromatic rings. The topological polar surface area (TPSA) is 76.5 Å². The van der Waals surface area contributed by atoms with E-state index < -0.39 is 0 Å². The van der Waals surface area contributed by atoms with Crippen LogP contribution in [0.3, 0.4) is 0 Å². The van der Waals surface area contributed by atoms with Gasteiger partial charge < -0.3 is 19.5 Å². The van der Waals surface area contributed by atoms with Crippen LogP contribution >= 0.6 is 0 Å². The van der Waals surface area contributed by atoms with Gasteiger partial charge >= 0.3 is 0 Å².